The molecule has 98 valence electrons. The summed E-state index contributed by atoms with van der Waals surface area (Å²) < 4.78 is 5.58. The molecule has 2 aromatic rings. The van der Waals surface area contributed by atoms with Crippen molar-refractivity contribution in [3.63, 3.8) is 0 Å². The molecule has 3 nitrogen and oxygen atoms in total. The number of para-hydroxylation sites is 1. The maximum atomic E-state index is 5.90. The van der Waals surface area contributed by atoms with E-state index in [1.54, 1.807) is 0 Å². The van der Waals surface area contributed by atoms with Gasteiger partial charge in [-0.05, 0) is 12.1 Å². The monoisotopic (exact) mass is 254 g/mol. The fourth-order valence-electron chi connectivity index (χ4n) is 1.67. The highest BCUT2D eigenvalue weighted by Gasteiger charge is 1.96. The van der Waals surface area contributed by atoms with E-state index in [9.17, 15) is 0 Å². The second-order valence-corrected chi connectivity index (χ2v) is 4.15. The van der Waals surface area contributed by atoms with E-state index in [2.05, 4.69) is 4.99 Å². The summed E-state index contributed by atoms with van der Waals surface area (Å²) in [5, 5.41) is 0. The lowest BCUT2D eigenvalue weighted by atomic mass is 10.2. The van der Waals surface area contributed by atoms with Gasteiger partial charge >= 0.3 is 0 Å². The smallest absolute Gasteiger partial charge is 0.125 e. The first-order valence-electron chi connectivity index (χ1n) is 6.39. The van der Waals surface area contributed by atoms with Crippen molar-refractivity contribution in [1.82, 2.24) is 0 Å². The van der Waals surface area contributed by atoms with Crippen LogP contribution < -0.4 is 10.5 Å². The molecule has 19 heavy (non-hydrogen) atoms. The van der Waals surface area contributed by atoms with Crippen LogP contribution >= 0.6 is 0 Å². The van der Waals surface area contributed by atoms with Crippen LogP contribution in [0.25, 0.3) is 0 Å². The number of aliphatic imine (C=N–C) groups is 1. The molecule has 0 saturated heterocycles. The molecule has 0 aromatic heterocycles. The molecule has 0 radical (unpaired) electrons. The Morgan fingerprint density at radius 1 is 0.947 bits per heavy atom. The molecule has 2 aromatic carbocycles. The van der Waals surface area contributed by atoms with Crippen LogP contribution in [-0.4, -0.2) is 19.0 Å². The SMILES string of the molecule is NC(=NCCCOc1ccccc1)c1ccccc1. The molecular weight excluding hydrogens is 236 g/mol. The molecule has 0 aliphatic carbocycles. The number of ether oxygens (including phenoxy) is 1. The van der Waals surface area contributed by atoms with Gasteiger partial charge in [0.25, 0.3) is 0 Å². The Morgan fingerprint density at radius 2 is 1.58 bits per heavy atom. The van der Waals surface area contributed by atoms with E-state index in [1.807, 2.05) is 60.7 Å². The van der Waals surface area contributed by atoms with Crippen molar-refractivity contribution in [3.8, 4) is 5.75 Å². The molecule has 0 amide bonds. The first-order valence-corrected chi connectivity index (χ1v) is 6.39. The molecule has 0 bridgehead atoms. The minimum Gasteiger partial charge on any atom is -0.494 e. The van der Waals surface area contributed by atoms with Gasteiger partial charge in [0.1, 0.15) is 11.6 Å². The molecular formula is C16H18N2O. The van der Waals surface area contributed by atoms with Gasteiger partial charge in [0.15, 0.2) is 0 Å². The van der Waals surface area contributed by atoms with Crippen LogP contribution in [0.3, 0.4) is 0 Å². The summed E-state index contributed by atoms with van der Waals surface area (Å²) in [6, 6.07) is 19.6. The second-order valence-electron chi connectivity index (χ2n) is 4.15. The third-order valence-electron chi connectivity index (χ3n) is 2.67. The predicted molar refractivity (Wildman–Crippen MR) is 78.6 cm³/mol. The van der Waals surface area contributed by atoms with E-state index in [1.165, 1.54) is 0 Å². The molecule has 0 spiro atoms. The zero-order valence-corrected chi connectivity index (χ0v) is 10.8. The molecule has 0 aliphatic heterocycles. The predicted octanol–water partition coefficient (Wildman–Crippen LogP) is 2.86. The lowest BCUT2D eigenvalue weighted by Crippen LogP contribution is -2.14. The highest BCUT2D eigenvalue weighted by molar-refractivity contribution is 5.97. The molecule has 0 unspecified atom stereocenters. The summed E-state index contributed by atoms with van der Waals surface area (Å²) in [4.78, 5) is 4.34. The Morgan fingerprint density at radius 3 is 2.26 bits per heavy atom. The van der Waals surface area contributed by atoms with Crippen LogP contribution in [-0.2, 0) is 0 Å². The average molecular weight is 254 g/mol. The van der Waals surface area contributed by atoms with Crippen LogP contribution in [0.15, 0.2) is 65.7 Å². The summed E-state index contributed by atoms with van der Waals surface area (Å²) in [6.07, 6.45) is 0.850. The van der Waals surface area contributed by atoms with Crippen molar-refractivity contribution in [2.75, 3.05) is 13.2 Å². The van der Waals surface area contributed by atoms with Gasteiger partial charge in [0.05, 0.1) is 6.61 Å². The zero-order chi connectivity index (χ0) is 13.3. The van der Waals surface area contributed by atoms with Gasteiger partial charge in [0, 0.05) is 18.5 Å². The lowest BCUT2D eigenvalue weighted by molar-refractivity contribution is 0.313. The van der Waals surface area contributed by atoms with Gasteiger partial charge in [-0.15, -0.1) is 0 Å². The van der Waals surface area contributed by atoms with Crippen LogP contribution in [0, 0.1) is 0 Å². The molecule has 0 aliphatic rings. The van der Waals surface area contributed by atoms with Crippen molar-refractivity contribution in [2.24, 2.45) is 10.7 Å². The van der Waals surface area contributed by atoms with E-state index in [0.29, 0.717) is 19.0 Å². The maximum absolute atomic E-state index is 5.90. The number of nitrogens with zero attached hydrogens (tertiary/aromatic N) is 1. The number of hydrogen-bond acceptors (Lipinski definition) is 2. The minimum atomic E-state index is 0.584. The van der Waals surface area contributed by atoms with Crippen molar-refractivity contribution in [2.45, 2.75) is 6.42 Å². The van der Waals surface area contributed by atoms with Crippen molar-refractivity contribution >= 4 is 5.84 Å². The van der Waals surface area contributed by atoms with E-state index >= 15 is 0 Å². The Hall–Kier alpha value is -2.29. The van der Waals surface area contributed by atoms with E-state index < -0.39 is 0 Å². The highest BCUT2D eigenvalue weighted by atomic mass is 16.5. The summed E-state index contributed by atoms with van der Waals surface area (Å²) in [7, 11) is 0. The fraction of sp³-hybridized carbons (Fsp3) is 0.188. The zero-order valence-electron chi connectivity index (χ0n) is 10.8. The third-order valence-corrected chi connectivity index (χ3v) is 2.67. The molecule has 0 fully saturated rings. The highest BCUT2D eigenvalue weighted by Crippen LogP contribution is 2.08. The number of nitrogens with two attached hydrogens (primary N) is 1. The molecule has 3 heteroatoms. The number of hydrogen-bond donors (Lipinski definition) is 1. The van der Waals surface area contributed by atoms with Gasteiger partial charge in [0.2, 0.25) is 0 Å². The van der Waals surface area contributed by atoms with Crippen LogP contribution in [0.2, 0.25) is 0 Å². The average Bonchev–Trinajstić information content (AvgIpc) is 2.49. The Bertz CT molecular complexity index is 509. The van der Waals surface area contributed by atoms with Crippen molar-refractivity contribution in [1.29, 1.82) is 0 Å². The van der Waals surface area contributed by atoms with E-state index in [-0.39, 0.29) is 0 Å². The van der Waals surface area contributed by atoms with Gasteiger partial charge < -0.3 is 10.5 Å². The van der Waals surface area contributed by atoms with Gasteiger partial charge in [-0.25, -0.2) is 0 Å². The first-order chi connectivity index (χ1) is 9.36. The largest absolute Gasteiger partial charge is 0.494 e. The second kappa shape index (κ2) is 7.21. The van der Waals surface area contributed by atoms with Crippen molar-refractivity contribution in [3.05, 3.63) is 66.2 Å². The van der Waals surface area contributed by atoms with Crippen molar-refractivity contribution < 1.29 is 4.74 Å². The number of rotatable bonds is 6. The number of benzene rings is 2. The van der Waals surface area contributed by atoms with Crippen LogP contribution in [0.1, 0.15) is 12.0 Å². The Labute approximate surface area is 113 Å². The van der Waals surface area contributed by atoms with Crippen LogP contribution in [0.4, 0.5) is 0 Å². The van der Waals surface area contributed by atoms with Gasteiger partial charge in [-0.3, -0.25) is 4.99 Å². The third kappa shape index (κ3) is 4.47. The lowest BCUT2D eigenvalue weighted by Gasteiger charge is -2.04. The normalized spacial score (nSPS) is 11.3. The summed E-state index contributed by atoms with van der Waals surface area (Å²) in [6.45, 7) is 1.32. The van der Waals surface area contributed by atoms with E-state index in [0.717, 1.165) is 17.7 Å². The summed E-state index contributed by atoms with van der Waals surface area (Å²) >= 11 is 0. The molecule has 0 atom stereocenters. The molecule has 0 heterocycles. The topological polar surface area (TPSA) is 47.6 Å². The standard InChI is InChI=1S/C16H18N2O/c17-16(14-8-3-1-4-9-14)18-12-7-13-19-15-10-5-2-6-11-15/h1-6,8-11H,7,12-13H2,(H2,17,18). The molecule has 0 saturated carbocycles. The Balaban J connectivity index is 1.72. The minimum absolute atomic E-state index is 0.584. The number of amidine groups is 1. The molecule has 2 rings (SSSR count). The summed E-state index contributed by atoms with van der Waals surface area (Å²) in [5.41, 5.74) is 6.86. The Kier molecular flexibility index (Phi) is 4.99. The fourth-order valence-corrected chi connectivity index (χ4v) is 1.67. The van der Waals surface area contributed by atoms with Gasteiger partial charge in [-0.2, -0.15) is 0 Å². The quantitative estimate of drug-likeness (QED) is 0.489. The first kappa shape index (κ1) is 13.1. The van der Waals surface area contributed by atoms with Gasteiger partial charge in [-0.1, -0.05) is 48.5 Å². The van der Waals surface area contributed by atoms with E-state index in [4.69, 9.17) is 10.5 Å². The van der Waals surface area contributed by atoms with Crippen LogP contribution in [0.5, 0.6) is 5.75 Å². The maximum Gasteiger partial charge on any atom is 0.125 e. The summed E-state index contributed by atoms with van der Waals surface area (Å²) in [5.74, 6) is 1.47. The molecule has 2 N–H and O–H groups in total.